The Morgan fingerprint density at radius 1 is 1.57 bits per heavy atom. The van der Waals surface area contributed by atoms with Gasteiger partial charge in [-0.2, -0.15) is 0 Å². The first kappa shape index (κ1) is 10.3. The summed E-state index contributed by atoms with van der Waals surface area (Å²) < 4.78 is 0. The Hall–Kier alpha value is -1.78. The van der Waals surface area contributed by atoms with E-state index in [2.05, 4.69) is 10.3 Å². The Morgan fingerprint density at radius 3 is 2.64 bits per heavy atom. The summed E-state index contributed by atoms with van der Waals surface area (Å²) in [6, 6.07) is 3.30. The lowest BCUT2D eigenvalue weighted by atomic mass is 10.1. The number of hydrogen-bond donors (Lipinski definition) is 3. The van der Waals surface area contributed by atoms with Crippen LogP contribution in [0.5, 0.6) is 0 Å². The number of nitrogens with zero attached hydrogens (tertiary/aromatic N) is 1. The van der Waals surface area contributed by atoms with Crippen molar-refractivity contribution in [3.63, 3.8) is 0 Å². The highest BCUT2D eigenvalue weighted by molar-refractivity contribution is 5.81. The van der Waals surface area contributed by atoms with Crippen molar-refractivity contribution in [2.24, 2.45) is 0 Å². The quantitative estimate of drug-likeness (QED) is 0.668. The first-order valence-electron chi connectivity index (χ1n) is 4.15. The van der Waals surface area contributed by atoms with E-state index in [-0.39, 0.29) is 0 Å². The van der Waals surface area contributed by atoms with Gasteiger partial charge in [0, 0.05) is 0 Å². The summed E-state index contributed by atoms with van der Waals surface area (Å²) in [5.41, 5.74) is 5.01. The van der Waals surface area contributed by atoms with Crippen LogP contribution in [-0.2, 0) is 4.79 Å². The van der Waals surface area contributed by atoms with Crippen molar-refractivity contribution in [1.82, 2.24) is 4.98 Å². The molecule has 1 aromatic rings. The van der Waals surface area contributed by atoms with E-state index in [9.17, 15) is 4.79 Å². The molecule has 0 amide bonds. The van der Waals surface area contributed by atoms with Crippen LogP contribution in [0.3, 0.4) is 0 Å². The molecule has 0 unspecified atom stereocenters. The highest BCUT2D eigenvalue weighted by Crippen LogP contribution is 2.14. The first-order chi connectivity index (χ1) is 6.42. The average molecular weight is 195 g/mol. The second-order valence-electron chi connectivity index (χ2n) is 3.53. The van der Waals surface area contributed by atoms with Gasteiger partial charge in [-0.05, 0) is 26.0 Å². The molecular formula is C9H13N3O2. The summed E-state index contributed by atoms with van der Waals surface area (Å²) >= 11 is 0. The molecule has 1 heterocycles. The summed E-state index contributed by atoms with van der Waals surface area (Å²) in [6.45, 7) is 3.15. The predicted octanol–water partition coefficient (Wildman–Crippen LogP) is 0.939. The van der Waals surface area contributed by atoms with E-state index in [1.807, 2.05) is 0 Å². The van der Waals surface area contributed by atoms with Crippen molar-refractivity contribution in [2.75, 3.05) is 11.1 Å². The van der Waals surface area contributed by atoms with Crippen LogP contribution < -0.4 is 11.1 Å². The molecule has 0 aliphatic carbocycles. The molecule has 0 saturated heterocycles. The van der Waals surface area contributed by atoms with E-state index in [1.165, 1.54) is 6.20 Å². The number of aliphatic carboxylic acids is 1. The van der Waals surface area contributed by atoms with Crippen molar-refractivity contribution < 1.29 is 9.90 Å². The molecule has 5 heteroatoms. The fourth-order valence-corrected chi connectivity index (χ4v) is 0.894. The molecule has 0 spiro atoms. The number of anilines is 2. The molecule has 4 N–H and O–H groups in total. The monoisotopic (exact) mass is 195 g/mol. The molecular weight excluding hydrogens is 182 g/mol. The van der Waals surface area contributed by atoms with E-state index >= 15 is 0 Å². The minimum absolute atomic E-state index is 0.406. The van der Waals surface area contributed by atoms with E-state index in [1.54, 1.807) is 26.0 Å². The highest BCUT2D eigenvalue weighted by Gasteiger charge is 2.26. The molecule has 0 aromatic carbocycles. The standard InChI is InChI=1S/C9H13N3O2/c1-9(2,8(13)14)12-6-3-4-7(10)11-5-6/h3-5,12H,1-2H3,(H2,10,11)(H,13,14). The third-order valence-electron chi connectivity index (χ3n) is 1.78. The summed E-state index contributed by atoms with van der Waals surface area (Å²) in [5, 5.41) is 11.7. The lowest BCUT2D eigenvalue weighted by Crippen LogP contribution is -2.39. The SMILES string of the molecule is CC(C)(Nc1ccc(N)nc1)C(=O)O. The molecule has 5 nitrogen and oxygen atoms in total. The Labute approximate surface area is 82.0 Å². The minimum atomic E-state index is -1.02. The zero-order valence-corrected chi connectivity index (χ0v) is 8.11. The van der Waals surface area contributed by atoms with Gasteiger partial charge in [0.1, 0.15) is 11.4 Å². The van der Waals surface area contributed by atoms with Gasteiger partial charge in [-0.3, -0.25) is 0 Å². The zero-order valence-electron chi connectivity index (χ0n) is 8.11. The van der Waals surface area contributed by atoms with Gasteiger partial charge in [0.15, 0.2) is 0 Å². The fourth-order valence-electron chi connectivity index (χ4n) is 0.894. The van der Waals surface area contributed by atoms with Crippen molar-refractivity contribution in [1.29, 1.82) is 0 Å². The van der Waals surface area contributed by atoms with Gasteiger partial charge < -0.3 is 16.2 Å². The van der Waals surface area contributed by atoms with Crippen LogP contribution in [0.1, 0.15) is 13.8 Å². The van der Waals surface area contributed by atoms with Crippen LogP contribution in [0.15, 0.2) is 18.3 Å². The lowest BCUT2D eigenvalue weighted by Gasteiger charge is -2.21. The Kier molecular flexibility index (Phi) is 2.60. The molecule has 1 aromatic heterocycles. The Balaban J connectivity index is 2.79. The normalized spacial score (nSPS) is 11.0. The number of hydrogen-bond acceptors (Lipinski definition) is 4. The number of nitrogens with one attached hydrogen (secondary N) is 1. The molecule has 0 fully saturated rings. The number of rotatable bonds is 3. The average Bonchev–Trinajstić information content (AvgIpc) is 2.08. The predicted molar refractivity (Wildman–Crippen MR) is 54.0 cm³/mol. The van der Waals surface area contributed by atoms with Crippen molar-refractivity contribution >= 4 is 17.5 Å². The zero-order chi connectivity index (χ0) is 10.8. The van der Waals surface area contributed by atoms with E-state index in [4.69, 9.17) is 10.8 Å². The number of carboxylic acid groups (broad SMARTS) is 1. The van der Waals surface area contributed by atoms with Crippen LogP contribution in [-0.4, -0.2) is 21.6 Å². The first-order valence-corrected chi connectivity index (χ1v) is 4.15. The molecule has 0 radical (unpaired) electrons. The minimum Gasteiger partial charge on any atom is -0.480 e. The molecule has 76 valence electrons. The number of nitrogen functional groups attached to an aromatic ring is 1. The summed E-state index contributed by atoms with van der Waals surface area (Å²) in [4.78, 5) is 14.6. The van der Waals surface area contributed by atoms with Gasteiger partial charge in [0.2, 0.25) is 0 Å². The highest BCUT2D eigenvalue weighted by atomic mass is 16.4. The Morgan fingerprint density at radius 2 is 2.21 bits per heavy atom. The maximum Gasteiger partial charge on any atom is 0.328 e. The summed E-state index contributed by atoms with van der Waals surface area (Å²) in [5.74, 6) is -0.516. The third-order valence-corrected chi connectivity index (χ3v) is 1.78. The maximum atomic E-state index is 10.8. The summed E-state index contributed by atoms with van der Waals surface area (Å²) in [7, 11) is 0. The molecule has 0 aliphatic rings. The van der Waals surface area contributed by atoms with E-state index in [0.29, 0.717) is 11.5 Å². The number of carbonyl (C=O) groups is 1. The number of aromatic nitrogens is 1. The molecule has 0 aliphatic heterocycles. The molecule has 0 atom stereocenters. The second kappa shape index (κ2) is 3.53. The van der Waals surface area contributed by atoms with Gasteiger partial charge >= 0.3 is 5.97 Å². The topological polar surface area (TPSA) is 88.2 Å². The van der Waals surface area contributed by atoms with Crippen LogP contribution in [0, 0.1) is 0 Å². The van der Waals surface area contributed by atoms with Crippen molar-refractivity contribution in [2.45, 2.75) is 19.4 Å². The van der Waals surface area contributed by atoms with Crippen LogP contribution >= 0.6 is 0 Å². The lowest BCUT2D eigenvalue weighted by molar-refractivity contribution is -0.141. The van der Waals surface area contributed by atoms with Crippen molar-refractivity contribution in [3.8, 4) is 0 Å². The van der Waals surface area contributed by atoms with Gasteiger partial charge in [0.05, 0.1) is 11.9 Å². The molecule has 0 bridgehead atoms. The van der Waals surface area contributed by atoms with Gasteiger partial charge in [-0.25, -0.2) is 9.78 Å². The van der Waals surface area contributed by atoms with E-state index < -0.39 is 11.5 Å². The van der Waals surface area contributed by atoms with Gasteiger partial charge in [-0.1, -0.05) is 0 Å². The smallest absolute Gasteiger partial charge is 0.328 e. The van der Waals surface area contributed by atoms with E-state index in [0.717, 1.165) is 0 Å². The third kappa shape index (κ3) is 2.35. The van der Waals surface area contributed by atoms with Gasteiger partial charge in [-0.15, -0.1) is 0 Å². The van der Waals surface area contributed by atoms with Gasteiger partial charge in [0.25, 0.3) is 0 Å². The number of carboxylic acids is 1. The molecule has 1 rings (SSSR count). The second-order valence-corrected chi connectivity index (χ2v) is 3.53. The Bertz CT molecular complexity index is 332. The van der Waals surface area contributed by atoms with Crippen molar-refractivity contribution in [3.05, 3.63) is 18.3 Å². The number of pyridine rings is 1. The van der Waals surface area contributed by atoms with Crippen LogP contribution in [0.25, 0.3) is 0 Å². The maximum absolute atomic E-state index is 10.8. The largest absolute Gasteiger partial charge is 0.480 e. The summed E-state index contributed by atoms with van der Waals surface area (Å²) in [6.07, 6.45) is 1.50. The van der Waals surface area contributed by atoms with Crippen LogP contribution in [0.4, 0.5) is 11.5 Å². The molecule has 0 saturated carbocycles. The molecule has 14 heavy (non-hydrogen) atoms. The van der Waals surface area contributed by atoms with Crippen LogP contribution in [0.2, 0.25) is 0 Å². The number of nitrogens with two attached hydrogens (primary N) is 1. The fraction of sp³-hybridized carbons (Fsp3) is 0.333.